The Morgan fingerprint density at radius 2 is 2.09 bits per heavy atom. The number of halogens is 1. The maximum absolute atomic E-state index is 12.3. The molecule has 0 aliphatic rings. The maximum atomic E-state index is 12.3. The molecule has 2 heterocycles. The normalized spacial score (nSPS) is 10.8. The molecular weight excluding hydrogens is 324 g/mol. The Morgan fingerprint density at radius 3 is 2.77 bits per heavy atom. The molecule has 3 rings (SSSR count). The van der Waals surface area contributed by atoms with Crippen LogP contribution in [0.15, 0.2) is 34.4 Å². The second-order valence-corrected chi connectivity index (χ2v) is 5.77. The summed E-state index contributed by atoms with van der Waals surface area (Å²) >= 11 is 7.09. The van der Waals surface area contributed by atoms with Gasteiger partial charge in [-0.25, -0.2) is 9.78 Å². The van der Waals surface area contributed by atoms with Crippen LogP contribution in [0.4, 0.5) is 0 Å². The summed E-state index contributed by atoms with van der Waals surface area (Å²) in [4.78, 5) is 31.8. The molecule has 112 valence electrons. The number of hydrogen-bond acceptors (Lipinski definition) is 5. The van der Waals surface area contributed by atoms with E-state index in [-0.39, 0.29) is 23.1 Å². The Labute approximate surface area is 134 Å². The van der Waals surface area contributed by atoms with Crippen LogP contribution in [0, 0.1) is 0 Å². The molecule has 0 amide bonds. The molecule has 0 saturated heterocycles. The van der Waals surface area contributed by atoms with E-state index in [9.17, 15) is 9.59 Å². The van der Waals surface area contributed by atoms with Gasteiger partial charge in [0, 0.05) is 16.0 Å². The predicted molar refractivity (Wildman–Crippen MR) is 86.6 cm³/mol. The van der Waals surface area contributed by atoms with Crippen molar-refractivity contribution in [3.63, 3.8) is 0 Å². The van der Waals surface area contributed by atoms with Gasteiger partial charge in [0.2, 0.25) is 0 Å². The highest BCUT2D eigenvalue weighted by Gasteiger charge is 2.18. The molecule has 7 heteroatoms. The van der Waals surface area contributed by atoms with Crippen molar-refractivity contribution in [3.05, 3.63) is 50.6 Å². The van der Waals surface area contributed by atoms with Crippen LogP contribution in [0.25, 0.3) is 21.6 Å². The molecule has 0 atom stereocenters. The largest absolute Gasteiger partial charge is 0.462 e. The number of thiophene rings is 1. The third-order valence-corrected chi connectivity index (χ3v) is 4.18. The first-order valence-corrected chi connectivity index (χ1v) is 7.80. The van der Waals surface area contributed by atoms with Crippen molar-refractivity contribution >= 4 is 39.1 Å². The summed E-state index contributed by atoms with van der Waals surface area (Å²) in [6, 6.07) is 6.98. The number of hydrogen-bond donors (Lipinski definition) is 1. The van der Waals surface area contributed by atoms with Gasteiger partial charge in [-0.1, -0.05) is 11.6 Å². The van der Waals surface area contributed by atoms with E-state index < -0.39 is 5.97 Å². The summed E-state index contributed by atoms with van der Waals surface area (Å²) in [5, 5.41) is 2.46. The number of nitrogens with zero attached hydrogens (tertiary/aromatic N) is 1. The summed E-state index contributed by atoms with van der Waals surface area (Å²) < 4.78 is 4.95. The van der Waals surface area contributed by atoms with Gasteiger partial charge in [-0.15, -0.1) is 11.3 Å². The summed E-state index contributed by atoms with van der Waals surface area (Å²) in [5.74, 6) is -0.0771. The molecule has 0 bridgehead atoms. The Bertz CT molecular complexity index is 899. The first-order valence-electron chi connectivity index (χ1n) is 6.54. The molecule has 3 aromatic rings. The average molecular weight is 335 g/mol. The summed E-state index contributed by atoms with van der Waals surface area (Å²) in [6.07, 6.45) is 0. The van der Waals surface area contributed by atoms with Crippen LogP contribution in [-0.2, 0) is 4.74 Å². The maximum Gasteiger partial charge on any atom is 0.339 e. The highest BCUT2D eigenvalue weighted by atomic mass is 35.5. The molecule has 0 aliphatic heterocycles. The fourth-order valence-corrected chi connectivity index (χ4v) is 3.09. The predicted octanol–water partition coefficient (Wildman–Crippen LogP) is 3.48. The third kappa shape index (κ3) is 2.63. The number of carbonyl (C=O) groups is 1. The molecule has 1 N–H and O–H groups in total. The van der Waals surface area contributed by atoms with Crippen LogP contribution in [0.5, 0.6) is 0 Å². The second-order valence-electron chi connectivity index (χ2n) is 4.47. The van der Waals surface area contributed by atoms with Crippen LogP contribution in [0.2, 0.25) is 5.02 Å². The summed E-state index contributed by atoms with van der Waals surface area (Å²) in [6.45, 7) is 1.97. The minimum atomic E-state index is -0.514. The van der Waals surface area contributed by atoms with Gasteiger partial charge >= 0.3 is 5.97 Å². The quantitative estimate of drug-likeness (QED) is 0.744. The second kappa shape index (κ2) is 5.90. The van der Waals surface area contributed by atoms with Crippen molar-refractivity contribution < 1.29 is 9.53 Å². The molecule has 0 unspecified atom stereocenters. The summed E-state index contributed by atoms with van der Waals surface area (Å²) in [7, 11) is 0. The van der Waals surface area contributed by atoms with E-state index in [1.54, 1.807) is 36.6 Å². The van der Waals surface area contributed by atoms with Crippen LogP contribution in [0.1, 0.15) is 17.3 Å². The first-order chi connectivity index (χ1) is 10.6. The standard InChI is InChI=1S/C15H11ClN2O3S/c1-2-21-15(20)10-7-22-14-11(10)13(19)17-12(18-14)8-3-5-9(16)6-4-8/h3-7H,2H2,1H3,(H,17,18,19). The molecule has 0 fully saturated rings. The number of nitrogens with one attached hydrogen (secondary N) is 1. The lowest BCUT2D eigenvalue weighted by molar-refractivity contribution is 0.0529. The number of H-pyrrole nitrogens is 1. The van der Waals surface area contributed by atoms with E-state index in [1.165, 1.54) is 11.3 Å². The number of rotatable bonds is 3. The number of aromatic nitrogens is 2. The fourth-order valence-electron chi connectivity index (χ4n) is 2.05. The van der Waals surface area contributed by atoms with Gasteiger partial charge in [0.1, 0.15) is 10.7 Å². The lowest BCUT2D eigenvalue weighted by Crippen LogP contribution is -2.13. The van der Waals surface area contributed by atoms with Gasteiger partial charge in [-0.2, -0.15) is 0 Å². The zero-order chi connectivity index (χ0) is 15.7. The van der Waals surface area contributed by atoms with E-state index in [2.05, 4.69) is 9.97 Å². The molecular formula is C15H11ClN2O3S. The van der Waals surface area contributed by atoms with Crippen molar-refractivity contribution in [2.75, 3.05) is 6.61 Å². The van der Waals surface area contributed by atoms with Crippen LogP contribution < -0.4 is 5.56 Å². The van der Waals surface area contributed by atoms with Gasteiger partial charge in [-0.3, -0.25) is 4.79 Å². The number of fused-ring (bicyclic) bond motifs is 1. The Morgan fingerprint density at radius 1 is 1.36 bits per heavy atom. The fraction of sp³-hybridized carbons (Fsp3) is 0.133. The number of ether oxygens (including phenoxy) is 1. The monoisotopic (exact) mass is 334 g/mol. The lowest BCUT2D eigenvalue weighted by atomic mass is 10.2. The number of benzene rings is 1. The average Bonchev–Trinajstić information content (AvgIpc) is 2.93. The topological polar surface area (TPSA) is 72.0 Å². The molecule has 22 heavy (non-hydrogen) atoms. The molecule has 1 aromatic carbocycles. The number of esters is 1. The van der Waals surface area contributed by atoms with Crippen molar-refractivity contribution in [3.8, 4) is 11.4 Å². The van der Waals surface area contributed by atoms with Gasteiger partial charge in [0.25, 0.3) is 5.56 Å². The minimum absolute atomic E-state index is 0.248. The Kier molecular flexibility index (Phi) is 3.96. The SMILES string of the molecule is CCOC(=O)c1csc2nc(-c3ccc(Cl)cc3)[nH]c(=O)c12. The zero-order valence-corrected chi connectivity index (χ0v) is 13.1. The van der Waals surface area contributed by atoms with E-state index in [0.29, 0.717) is 15.7 Å². The molecule has 0 saturated carbocycles. The van der Waals surface area contributed by atoms with Crippen LogP contribution in [0.3, 0.4) is 0 Å². The molecule has 2 aromatic heterocycles. The van der Waals surface area contributed by atoms with Crippen LogP contribution >= 0.6 is 22.9 Å². The first kappa shape index (κ1) is 14.7. The minimum Gasteiger partial charge on any atom is -0.462 e. The van der Waals surface area contributed by atoms with E-state index >= 15 is 0 Å². The molecule has 0 spiro atoms. The zero-order valence-electron chi connectivity index (χ0n) is 11.6. The van der Waals surface area contributed by atoms with Crippen molar-refractivity contribution in [1.29, 1.82) is 0 Å². The molecule has 5 nitrogen and oxygen atoms in total. The van der Waals surface area contributed by atoms with Crippen molar-refractivity contribution in [2.45, 2.75) is 6.92 Å². The number of aromatic amines is 1. The van der Waals surface area contributed by atoms with Gasteiger partial charge in [-0.05, 0) is 31.2 Å². The third-order valence-electron chi connectivity index (χ3n) is 3.06. The van der Waals surface area contributed by atoms with Crippen LogP contribution in [-0.4, -0.2) is 22.5 Å². The van der Waals surface area contributed by atoms with E-state index in [0.717, 1.165) is 5.56 Å². The highest BCUT2D eigenvalue weighted by Crippen LogP contribution is 2.25. The smallest absolute Gasteiger partial charge is 0.339 e. The Hall–Kier alpha value is -2.18. The Balaban J connectivity index is 2.13. The van der Waals surface area contributed by atoms with Gasteiger partial charge in [0.05, 0.1) is 17.6 Å². The lowest BCUT2D eigenvalue weighted by Gasteiger charge is -2.02. The van der Waals surface area contributed by atoms with E-state index in [4.69, 9.17) is 16.3 Å². The van der Waals surface area contributed by atoms with Crippen molar-refractivity contribution in [2.24, 2.45) is 0 Å². The number of carbonyl (C=O) groups excluding carboxylic acids is 1. The van der Waals surface area contributed by atoms with E-state index in [1.807, 2.05) is 0 Å². The highest BCUT2D eigenvalue weighted by molar-refractivity contribution is 7.17. The van der Waals surface area contributed by atoms with Crippen molar-refractivity contribution in [1.82, 2.24) is 9.97 Å². The van der Waals surface area contributed by atoms with Gasteiger partial charge < -0.3 is 9.72 Å². The summed E-state index contributed by atoms with van der Waals surface area (Å²) in [5.41, 5.74) is 0.631. The molecule has 0 radical (unpaired) electrons. The molecule has 0 aliphatic carbocycles. The van der Waals surface area contributed by atoms with Gasteiger partial charge in [0.15, 0.2) is 0 Å².